The van der Waals surface area contributed by atoms with Gasteiger partial charge in [0.2, 0.25) is 0 Å². The molecule has 0 aromatic carbocycles. The first-order valence-electron chi connectivity index (χ1n) is 5.75. The van der Waals surface area contributed by atoms with E-state index in [1.54, 1.807) is 18.3 Å². The number of nitrogens with zero attached hydrogens (tertiary/aromatic N) is 2. The van der Waals surface area contributed by atoms with Gasteiger partial charge >= 0.3 is 0 Å². The molecule has 1 aliphatic rings. The van der Waals surface area contributed by atoms with Gasteiger partial charge in [-0.05, 0) is 44.0 Å². The van der Waals surface area contributed by atoms with Crippen molar-refractivity contribution in [3.8, 4) is 6.07 Å². The van der Waals surface area contributed by atoms with Crippen LogP contribution in [0.2, 0.25) is 0 Å². The summed E-state index contributed by atoms with van der Waals surface area (Å²) in [4.78, 5) is 4.08. The van der Waals surface area contributed by atoms with Gasteiger partial charge in [0.25, 0.3) is 0 Å². The molecule has 4 nitrogen and oxygen atoms in total. The van der Waals surface area contributed by atoms with Gasteiger partial charge in [-0.25, -0.2) is 4.98 Å². The topological polar surface area (TPSA) is 65.8 Å². The minimum Gasteiger partial charge on any atom is -0.317 e. The van der Waals surface area contributed by atoms with Crippen molar-refractivity contribution >= 4 is 10.8 Å². The Kier molecular flexibility index (Phi) is 4.24. The minimum atomic E-state index is -1.15. The molecule has 0 aliphatic carbocycles. The maximum absolute atomic E-state index is 12.2. The fourth-order valence-electron chi connectivity index (χ4n) is 2.00. The highest BCUT2D eigenvalue weighted by Crippen LogP contribution is 2.17. The second-order valence-corrected chi connectivity index (χ2v) is 5.58. The van der Waals surface area contributed by atoms with E-state index in [1.165, 1.54) is 0 Å². The van der Waals surface area contributed by atoms with Gasteiger partial charge < -0.3 is 5.32 Å². The quantitative estimate of drug-likeness (QED) is 0.870. The molecular formula is C12H15N3OS. The van der Waals surface area contributed by atoms with E-state index in [-0.39, 0.29) is 0 Å². The van der Waals surface area contributed by atoms with Crippen LogP contribution in [0.5, 0.6) is 0 Å². The zero-order chi connectivity index (χ0) is 12.1. The molecule has 0 saturated carbocycles. The molecule has 0 amide bonds. The lowest BCUT2D eigenvalue weighted by Gasteiger charge is -2.21. The largest absolute Gasteiger partial charge is 0.317 e. The molecule has 1 atom stereocenters. The molecular weight excluding hydrogens is 234 g/mol. The summed E-state index contributed by atoms with van der Waals surface area (Å²) in [5, 5.41) is 12.7. The number of hydrogen-bond donors (Lipinski definition) is 1. The number of nitrogens with one attached hydrogen (secondary N) is 1. The van der Waals surface area contributed by atoms with Crippen molar-refractivity contribution in [3.05, 3.63) is 23.9 Å². The normalized spacial score (nSPS) is 18.5. The second-order valence-electron chi connectivity index (χ2n) is 4.17. The molecule has 1 unspecified atom stereocenters. The lowest BCUT2D eigenvalue weighted by Crippen LogP contribution is -2.30. The fourth-order valence-corrected chi connectivity index (χ4v) is 3.46. The van der Waals surface area contributed by atoms with Gasteiger partial charge in [-0.3, -0.25) is 4.21 Å². The van der Waals surface area contributed by atoms with Crippen molar-refractivity contribution in [2.45, 2.75) is 17.9 Å². The molecule has 1 saturated heterocycles. The van der Waals surface area contributed by atoms with Crippen LogP contribution in [0.1, 0.15) is 18.4 Å². The Labute approximate surface area is 104 Å². The standard InChI is InChI=1S/C12H15N3OS/c13-8-11-2-1-5-15-12(11)17(16)9-10-3-6-14-7-4-10/h1-2,5,10,14H,3-4,6-7,9H2. The van der Waals surface area contributed by atoms with Crippen LogP contribution in [0, 0.1) is 17.2 Å². The molecule has 2 rings (SSSR count). The van der Waals surface area contributed by atoms with Gasteiger partial charge in [0.15, 0.2) is 0 Å². The van der Waals surface area contributed by atoms with E-state index in [2.05, 4.69) is 10.3 Å². The lowest BCUT2D eigenvalue weighted by atomic mass is 10.0. The van der Waals surface area contributed by atoms with Crippen LogP contribution in [-0.4, -0.2) is 28.0 Å². The molecule has 2 heterocycles. The number of pyridine rings is 1. The monoisotopic (exact) mass is 249 g/mol. The predicted octanol–water partition coefficient (Wildman–Crippen LogP) is 1.06. The summed E-state index contributed by atoms with van der Waals surface area (Å²) >= 11 is 0. The Hall–Kier alpha value is -1.25. The van der Waals surface area contributed by atoms with E-state index < -0.39 is 10.8 Å². The summed E-state index contributed by atoms with van der Waals surface area (Å²) in [7, 11) is -1.15. The Morgan fingerprint density at radius 3 is 3.00 bits per heavy atom. The van der Waals surface area contributed by atoms with Crippen molar-refractivity contribution in [3.63, 3.8) is 0 Å². The van der Waals surface area contributed by atoms with Gasteiger partial charge in [0, 0.05) is 11.9 Å². The third-order valence-electron chi connectivity index (χ3n) is 2.95. The Balaban J connectivity index is 2.06. The highest BCUT2D eigenvalue weighted by atomic mass is 32.2. The van der Waals surface area contributed by atoms with Crippen molar-refractivity contribution in [1.82, 2.24) is 10.3 Å². The third-order valence-corrected chi connectivity index (χ3v) is 4.48. The minimum absolute atomic E-state index is 0.430. The van der Waals surface area contributed by atoms with E-state index in [4.69, 9.17) is 5.26 Å². The number of nitriles is 1. The molecule has 5 heteroatoms. The van der Waals surface area contributed by atoms with Crippen molar-refractivity contribution < 1.29 is 4.21 Å². The maximum Gasteiger partial charge on any atom is 0.144 e. The molecule has 1 aromatic rings. The molecule has 0 radical (unpaired) electrons. The number of aromatic nitrogens is 1. The Bertz CT molecular complexity index is 449. The molecule has 90 valence electrons. The lowest BCUT2D eigenvalue weighted by molar-refractivity contribution is 0.405. The van der Waals surface area contributed by atoms with Crippen LogP contribution >= 0.6 is 0 Å². The summed E-state index contributed by atoms with van der Waals surface area (Å²) < 4.78 is 12.2. The van der Waals surface area contributed by atoms with Crippen molar-refractivity contribution in [2.24, 2.45) is 5.92 Å². The Morgan fingerprint density at radius 1 is 1.53 bits per heavy atom. The summed E-state index contributed by atoms with van der Waals surface area (Å²) in [5.41, 5.74) is 0.430. The molecule has 1 N–H and O–H groups in total. The average Bonchev–Trinajstić information content (AvgIpc) is 2.40. The molecule has 1 fully saturated rings. The highest BCUT2D eigenvalue weighted by Gasteiger charge is 2.19. The van der Waals surface area contributed by atoms with Crippen LogP contribution in [0.25, 0.3) is 0 Å². The van der Waals surface area contributed by atoms with Crippen LogP contribution < -0.4 is 5.32 Å². The van der Waals surface area contributed by atoms with E-state index in [0.717, 1.165) is 25.9 Å². The summed E-state index contributed by atoms with van der Waals surface area (Å²) in [6, 6.07) is 5.41. The molecule has 0 spiro atoms. The van der Waals surface area contributed by atoms with Crippen molar-refractivity contribution in [2.75, 3.05) is 18.8 Å². The van der Waals surface area contributed by atoms with Gasteiger partial charge in [0.05, 0.1) is 16.4 Å². The maximum atomic E-state index is 12.2. The van der Waals surface area contributed by atoms with Crippen molar-refractivity contribution in [1.29, 1.82) is 5.26 Å². The smallest absolute Gasteiger partial charge is 0.144 e. The van der Waals surface area contributed by atoms with Gasteiger partial charge in [0.1, 0.15) is 11.1 Å². The predicted molar refractivity (Wildman–Crippen MR) is 65.8 cm³/mol. The first-order valence-corrected chi connectivity index (χ1v) is 7.07. The SMILES string of the molecule is N#Cc1cccnc1S(=O)CC1CCNCC1. The first kappa shape index (κ1) is 12.2. The van der Waals surface area contributed by atoms with Crippen LogP contribution in [-0.2, 0) is 10.8 Å². The van der Waals surface area contributed by atoms with E-state index >= 15 is 0 Å². The van der Waals surface area contributed by atoms with E-state index in [0.29, 0.717) is 22.3 Å². The van der Waals surface area contributed by atoms with E-state index in [9.17, 15) is 4.21 Å². The molecule has 17 heavy (non-hydrogen) atoms. The van der Waals surface area contributed by atoms with Crippen LogP contribution in [0.15, 0.2) is 23.4 Å². The Morgan fingerprint density at radius 2 is 2.29 bits per heavy atom. The van der Waals surface area contributed by atoms with Gasteiger partial charge in [-0.15, -0.1) is 0 Å². The summed E-state index contributed by atoms with van der Waals surface area (Å²) in [5.74, 6) is 1.10. The summed E-state index contributed by atoms with van der Waals surface area (Å²) in [6.45, 7) is 1.99. The summed E-state index contributed by atoms with van der Waals surface area (Å²) in [6.07, 6.45) is 3.71. The molecule has 1 aromatic heterocycles. The second kappa shape index (κ2) is 5.89. The first-order chi connectivity index (χ1) is 8.31. The van der Waals surface area contributed by atoms with Gasteiger partial charge in [-0.2, -0.15) is 5.26 Å². The fraction of sp³-hybridized carbons (Fsp3) is 0.500. The highest BCUT2D eigenvalue weighted by molar-refractivity contribution is 7.85. The van der Waals surface area contributed by atoms with Gasteiger partial charge in [-0.1, -0.05) is 0 Å². The van der Waals surface area contributed by atoms with Crippen LogP contribution in [0.4, 0.5) is 0 Å². The average molecular weight is 249 g/mol. The number of hydrogen-bond acceptors (Lipinski definition) is 4. The number of piperidine rings is 1. The zero-order valence-electron chi connectivity index (χ0n) is 9.56. The third kappa shape index (κ3) is 3.11. The zero-order valence-corrected chi connectivity index (χ0v) is 10.4. The number of rotatable bonds is 3. The van der Waals surface area contributed by atoms with E-state index in [1.807, 2.05) is 6.07 Å². The molecule has 1 aliphatic heterocycles. The van der Waals surface area contributed by atoms with Crippen LogP contribution in [0.3, 0.4) is 0 Å². The molecule has 0 bridgehead atoms.